The van der Waals surface area contributed by atoms with Crippen LogP contribution in [0, 0.1) is 6.33 Å². The number of aromatic nitrogens is 5. The molecule has 0 unspecified atom stereocenters. The van der Waals surface area contributed by atoms with E-state index in [-0.39, 0.29) is 0 Å². The van der Waals surface area contributed by atoms with Gasteiger partial charge < -0.3 is 13.7 Å². The largest absolute Gasteiger partial charge is 0.458 e. The zero-order valence-electron chi connectivity index (χ0n) is 32.6. The molecule has 0 saturated carbocycles. The fraction of sp³-hybridized carbons (Fsp3) is 0. The van der Waals surface area contributed by atoms with E-state index in [0.29, 0.717) is 0 Å². The van der Waals surface area contributed by atoms with E-state index >= 15 is 0 Å². The molecule has 0 spiro atoms. The fourth-order valence-corrected chi connectivity index (χ4v) is 9.22. The molecule has 5 heterocycles. The number of fused-ring (bicyclic) bond motifs is 10. The first-order valence-electron chi connectivity index (χ1n) is 20.4. The summed E-state index contributed by atoms with van der Waals surface area (Å²) < 4.78 is 21.5. The van der Waals surface area contributed by atoms with Crippen LogP contribution in [0.4, 0.5) is 0 Å². The third-order valence-electron chi connectivity index (χ3n) is 11.9. The van der Waals surface area contributed by atoms with Crippen LogP contribution in [0.5, 0.6) is 11.5 Å². The summed E-state index contributed by atoms with van der Waals surface area (Å²) in [6.07, 6.45) is 5.62. The van der Waals surface area contributed by atoms with Crippen molar-refractivity contribution in [2.75, 3.05) is 0 Å². The third-order valence-corrected chi connectivity index (χ3v) is 11.9. The molecule has 0 aliphatic heterocycles. The molecule has 0 radical (unpaired) electrons. The number of rotatable bonds is 6. The van der Waals surface area contributed by atoms with Crippen LogP contribution >= 0.6 is 0 Å². The number of imidazole rings is 1. The number of benzene rings is 8. The highest BCUT2D eigenvalue weighted by atomic mass is 16.5. The van der Waals surface area contributed by atoms with E-state index in [1.165, 1.54) is 10.8 Å². The van der Waals surface area contributed by atoms with Crippen molar-refractivity contribution in [3.05, 3.63) is 207 Å². The van der Waals surface area contributed by atoms with Gasteiger partial charge in [0.1, 0.15) is 28.5 Å². The zero-order valence-corrected chi connectivity index (χ0v) is 32.6. The Morgan fingerprint density at radius 2 is 1.08 bits per heavy atom. The molecule has 13 rings (SSSR count). The van der Waals surface area contributed by atoms with Gasteiger partial charge in [-0.1, -0.05) is 103 Å². The van der Waals surface area contributed by atoms with Crippen molar-refractivity contribution in [2.24, 2.45) is 0 Å². The first-order chi connectivity index (χ1) is 30.2. The lowest BCUT2D eigenvalue weighted by atomic mass is 10.1. The van der Waals surface area contributed by atoms with Crippen molar-refractivity contribution in [3.63, 3.8) is 0 Å². The Hall–Kier alpha value is -8.42. The van der Waals surface area contributed by atoms with Crippen LogP contribution in [-0.4, -0.2) is 18.7 Å². The second-order valence-corrected chi connectivity index (χ2v) is 15.4. The summed E-state index contributed by atoms with van der Waals surface area (Å²) in [6, 6.07) is 67.2. The van der Waals surface area contributed by atoms with Gasteiger partial charge in [0.05, 0.1) is 56.4 Å². The van der Waals surface area contributed by atoms with Crippen molar-refractivity contribution < 1.29 is 13.7 Å². The molecule has 7 nitrogen and oxygen atoms in total. The normalized spacial score (nSPS) is 11.9. The van der Waals surface area contributed by atoms with Crippen LogP contribution < -0.4 is 9.30 Å². The summed E-state index contributed by atoms with van der Waals surface area (Å²) in [7, 11) is 0. The number of hydrogen-bond donors (Lipinski definition) is 0. The highest BCUT2D eigenvalue weighted by Gasteiger charge is 2.18. The topological polar surface area (TPSA) is 53.9 Å². The maximum Gasteiger partial charge on any atom is 0.269 e. The quantitative estimate of drug-likeness (QED) is 0.125. The Morgan fingerprint density at radius 1 is 0.443 bits per heavy atom. The molecule has 0 aliphatic carbocycles. The molecule has 0 amide bonds. The predicted molar refractivity (Wildman–Crippen MR) is 244 cm³/mol. The molecule has 61 heavy (non-hydrogen) atoms. The summed E-state index contributed by atoms with van der Waals surface area (Å²) in [5, 5.41) is 6.90. The summed E-state index contributed by atoms with van der Waals surface area (Å²) in [5.41, 5.74) is 11.2. The van der Waals surface area contributed by atoms with Crippen LogP contribution in [-0.2, 0) is 0 Å². The Bertz CT molecular complexity index is 3810. The minimum Gasteiger partial charge on any atom is -0.458 e. The molecule has 0 fully saturated rings. The van der Waals surface area contributed by atoms with E-state index < -0.39 is 0 Å². The lowest BCUT2D eigenvalue weighted by Crippen LogP contribution is -2.29. The number of nitrogens with zero attached hydrogens (tertiary/aromatic N) is 5. The van der Waals surface area contributed by atoms with Crippen molar-refractivity contribution in [1.29, 1.82) is 0 Å². The highest BCUT2D eigenvalue weighted by Crippen LogP contribution is 2.37. The molecular weight excluding hydrogens is 751 g/mol. The molecule has 0 atom stereocenters. The van der Waals surface area contributed by atoms with Gasteiger partial charge in [0.2, 0.25) is 0 Å². The first-order valence-corrected chi connectivity index (χ1v) is 20.4. The maximum absolute atomic E-state index is 6.69. The molecule has 13 aromatic rings. The Balaban J connectivity index is 0.875. The number of ether oxygens (including phenoxy) is 1. The van der Waals surface area contributed by atoms with E-state index in [9.17, 15) is 0 Å². The van der Waals surface area contributed by atoms with E-state index in [2.05, 4.69) is 176 Å². The van der Waals surface area contributed by atoms with Crippen LogP contribution in [0.1, 0.15) is 0 Å². The van der Waals surface area contributed by atoms with Crippen LogP contribution in [0.15, 0.2) is 205 Å². The van der Waals surface area contributed by atoms with Crippen LogP contribution in [0.25, 0.3) is 99.5 Å². The second-order valence-electron chi connectivity index (χ2n) is 15.4. The average molecular weight is 784 g/mol. The Kier molecular flexibility index (Phi) is 7.17. The van der Waals surface area contributed by atoms with Crippen LogP contribution in [0.3, 0.4) is 0 Å². The lowest BCUT2D eigenvalue weighted by molar-refractivity contribution is -0.572. The zero-order chi connectivity index (χ0) is 40.0. The van der Waals surface area contributed by atoms with Gasteiger partial charge >= 0.3 is 0 Å². The van der Waals surface area contributed by atoms with Gasteiger partial charge in [0, 0.05) is 38.4 Å². The summed E-state index contributed by atoms with van der Waals surface area (Å²) in [5.74, 6) is 2.28. The third kappa shape index (κ3) is 5.17. The van der Waals surface area contributed by atoms with Gasteiger partial charge in [0.25, 0.3) is 6.33 Å². The Labute approximate surface area is 348 Å². The molecule has 0 aliphatic rings. The molecule has 0 bridgehead atoms. The van der Waals surface area contributed by atoms with Gasteiger partial charge in [-0.05, 0) is 84.9 Å². The van der Waals surface area contributed by atoms with Crippen molar-refractivity contribution in [3.8, 4) is 34.4 Å². The molecule has 0 N–H and O–H groups in total. The summed E-state index contributed by atoms with van der Waals surface area (Å²) in [4.78, 5) is 5.11. The van der Waals surface area contributed by atoms with E-state index in [1.54, 1.807) is 0 Å². The number of pyridine rings is 1. The van der Waals surface area contributed by atoms with E-state index in [4.69, 9.17) is 14.1 Å². The predicted octanol–water partition coefficient (Wildman–Crippen LogP) is 13.0. The minimum atomic E-state index is 0.720. The van der Waals surface area contributed by atoms with Gasteiger partial charge in [-0.15, -0.1) is 0 Å². The molecule has 286 valence electrons. The fourth-order valence-electron chi connectivity index (χ4n) is 9.22. The standard InChI is InChI=1S/C54H33N5O2/c1-5-18-46-40(14-1)41-15-2-6-19-47(41)58(46)37-25-29-54(55-33-37)59-48-20-7-3-16-42(48)43-27-26-39(32-51(43)59)60-38-13-11-12-35(30-38)56-34-57(50-22-9-8-21-49(50)56)36-24-28-53-45(31-36)44-17-4-10-23-52(44)61-53/h1-33H. The van der Waals surface area contributed by atoms with Gasteiger partial charge in [-0.2, -0.15) is 0 Å². The van der Waals surface area contributed by atoms with Gasteiger partial charge in [-0.3, -0.25) is 13.7 Å². The number of furan rings is 1. The SMILES string of the molecule is [c-]1n(-c2cccc(Oc3ccc4c5ccccc5n(-c5ccc(-n6c7ccccc7c7ccccc76)cn5)c4c3)c2)c2ccccc2[n+]1-c1ccc2oc3ccccc3c2c1. The highest BCUT2D eigenvalue weighted by molar-refractivity contribution is 6.10. The lowest BCUT2D eigenvalue weighted by Gasteiger charge is -2.12. The molecule has 8 aromatic carbocycles. The van der Waals surface area contributed by atoms with Crippen molar-refractivity contribution >= 4 is 76.6 Å². The minimum absolute atomic E-state index is 0.720. The smallest absolute Gasteiger partial charge is 0.269 e. The second kappa shape index (κ2) is 13.0. The molecule has 5 aromatic heterocycles. The van der Waals surface area contributed by atoms with Gasteiger partial charge in [-0.25, -0.2) is 4.98 Å². The van der Waals surface area contributed by atoms with Crippen molar-refractivity contribution in [1.82, 2.24) is 18.7 Å². The monoisotopic (exact) mass is 783 g/mol. The number of hydrogen-bond acceptors (Lipinski definition) is 3. The molecular formula is C54H33N5O2. The van der Waals surface area contributed by atoms with E-state index in [0.717, 1.165) is 100 Å². The Morgan fingerprint density at radius 3 is 1.84 bits per heavy atom. The van der Waals surface area contributed by atoms with E-state index in [1.807, 2.05) is 48.7 Å². The number of para-hydroxylation sites is 6. The maximum atomic E-state index is 6.69. The molecule has 7 heteroatoms. The van der Waals surface area contributed by atoms with Crippen LogP contribution in [0.2, 0.25) is 0 Å². The van der Waals surface area contributed by atoms with Gasteiger partial charge in [0.15, 0.2) is 0 Å². The molecule has 0 saturated heterocycles. The first kappa shape index (κ1) is 33.5. The summed E-state index contributed by atoms with van der Waals surface area (Å²) >= 11 is 0. The summed E-state index contributed by atoms with van der Waals surface area (Å²) in [6.45, 7) is 0. The van der Waals surface area contributed by atoms with Crippen molar-refractivity contribution in [2.45, 2.75) is 0 Å². The average Bonchev–Trinajstić information content (AvgIpc) is 4.07.